The molecule has 0 fully saturated rings. The van der Waals surface area contributed by atoms with Gasteiger partial charge in [0.15, 0.2) is 0 Å². The van der Waals surface area contributed by atoms with E-state index < -0.39 is 0 Å². The van der Waals surface area contributed by atoms with Crippen LogP contribution in [0.3, 0.4) is 0 Å². The van der Waals surface area contributed by atoms with Gasteiger partial charge in [-0.15, -0.1) is 11.3 Å². The molecule has 0 aliphatic heterocycles. The molecule has 2 rings (SSSR count). The molecule has 10 heavy (non-hydrogen) atoms. The van der Waals surface area contributed by atoms with Crippen LogP contribution >= 0.6 is 27.3 Å². The molecular formula is C6H3BrN2S. The Morgan fingerprint density at radius 1 is 1.40 bits per heavy atom. The monoisotopic (exact) mass is 214 g/mol. The van der Waals surface area contributed by atoms with E-state index in [1.807, 2.05) is 5.51 Å². The quantitative estimate of drug-likeness (QED) is 0.674. The number of aromatic nitrogens is 2. The SMILES string of the molecule is Brc1cncc2ncsc12. The van der Waals surface area contributed by atoms with Crippen molar-refractivity contribution in [1.29, 1.82) is 0 Å². The van der Waals surface area contributed by atoms with Crippen molar-refractivity contribution in [2.45, 2.75) is 0 Å². The zero-order valence-electron chi connectivity index (χ0n) is 4.91. The third kappa shape index (κ3) is 0.839. The lowest BCUT2D eigenvalue weighted by atomic mass is 10.5. The van der Waals surface area contributed by atoms with Gasteiger partial charge in [0.05, 0.1) is 20.9 Å². The summed E-state index contributed by atoms with van der Waals surface area (Å²) < 4.78 is 2.18. The lowest BCUT2D eigenvalue weighted by Crippen LogP contribution is -1.71. The van der Waals surface area contributed by atoms with E-state index in [-0.39, 0.29) is 0 Å². The van der Waals surface area contributed by atoms with Crippen LogP contribution in [0.15, 0.2) is 22.4 Å². The van der Waals surface area contributed by atoms with Crippen molar-refractivity contribution in [3.8, 4) is 0 Å². The normalized spacial score (nSPS) is 10.5. The number of fused-ring (bicyclic) bond motifs is 1. The van der Waals surface area contributed by atoms with Gasteiger partial charge in [0.2, 0.25) is 0 Å². The van der Waals surface area contributed by atoms with Crippen LogP contribution in [-0.2, 0) is 0 Å². The van der Waals surface area contributed by atoms with Gasteiger partial charge in [0.1, 0.15) is 5.52 Å². The lowest BCUT2D eigenvalue weighted by molar-refractivity contribution is 1.33. The zero-order chi connectivity index (χ0) is 6.97. The molecule has 0 aliphatic carbocycles. The Bertz CT molecular complexity index is 357. The van der Waals surface area contributed by atoms with Crippen molar-refractivity contribution in [3.05, 3.63) is 22.4 Å². The van der Waals surface area contributed by atoms with Crippen molar-refractivity contribution >= 4 is 37.5 Å². The summed E-state index contributed by atoms with van der Waals surface area (Å²) in [7, 11) is 0. The molecule has 0 atom stereocenters. The van der Waals surface area contributed by atoms with E-state index >= 15 is 0 Å². The summed E-state index contributed by atoms with van der Waals surface area (Å²) in [4.78, 5) is 8.09. The Hall–Kier alpha value is -0.480. The molecule has 0 N–H and O–H groups in total. The summed E-state index contributed by atoms with van der Waals surface area (Å²) in [6, 6.07) is 0. The topological polar surface area (TPSA) is 25.8 Å². The maximum absolute atomic E-state index is 4.11. The third-order valence-electron chi connectivity index (χ3n) is 1.20. The van der Waals surface area contributed by atoms with Gasteiger partial charge in [0, 0.05) is 6.20 Å². The van der Waals surface area contributed by atoms with E-state index in [0.29, 0.717) is 0 Å². The molecule has 0 spiro atoms. The average molecular weight is 215 g/mol. The van der Waals surface area contributed by atoms with Crippen LogP contribution in [0.1, 0.15) is 0 Å². The molecule has 50 valence electrons. The number of hydrogen-bond acceptors (Lipinski definition) is 3. The smallest absolute Gasteiger partial charge is 0.101 e. The molecule has 2 aromatic rings. The first-order chi connectivity index (χ1) is 4.88. The second kappa shape index (κ2) is 2.29. The highest BCUT2D eigenvalue weighted by Gasteiger charge is 1.98. The van der Waals surface area contributed by atoms with Crippen molar-refractivity contribution in [1.82, 2.24) is 9.97 Å². The molecule has 4 heteroatoms. The molecule has 2 nitrogen and oxygen atoms in total. The van der Waals surface area contributed by atoms with Gasteiger partial charge in [-0.25, -0.2) is 4.98 Å². The molecule has 2 heterocycles. The van der Waals surface area contributed by atoms with E-state index in [2.05, 4.69) is 25.9 Å². The molecule has 0 saturated heterocycles. The van der Waals surface area contributed by atoms with Gasteiger partial charge in [-0.1, -0.05) is 0 Å². The molecule has 0 saturated carbocycles. The predicted octanol–water partition coefficient (Wildman–Crippen LogP) is 2.45. The van der Waals surface area contributed by atoms with Crippen LogP contribution in [0.2, 0.25) is 0 Å². The molecule has 0 aliphatic rings. The molecule has 2 aromatic heterocycles. The largest absolute Gasteiger partial charge is 0.261 e. The van der Waals surface area contributed by atoms with Crippen LogP contribution in [0.5, 0.6) is 0 Å². The summed E-state index contributed by atoms with van der Waals surface area (Å²) in [6.45, 7) is 0. The van der Waals surface area contributed by atoms with Crippen LogP contribution in [0, 0.1) is 0 Å². The van der Waals surface area contributed by atoms with Crippen LogP contribution in [0.25, 0.3) is 10.2 Å². The molecule has 0 amide bonds. The number of pyridine rings is 1. The lowest BCUT2D eigenvalue weighted by Gasteiger charge is -1.87. The Balaban J connectivity index is 2.95. The average Bonchev–Trinajstić information content (AvgIpc) is 2.36. The molecule has 0 unspecified atom stereocenters. The second-order valence-electron chi connectivity index (χ2n) is 1.82. The second-order valence-corrected chi connectivity index (χ2v) is 3.53. The van der Waals surface area contributed by atoms with E-state index in [0.717, 1.165) is 14.7 Å². The van der Waals surface area contributed by atoms with Gasteiger partial charge >= 0.3 is 0 Å². The summed E-state index contributed by atoms with van der Waals surface area (Å²) >= 11 is 5.00. The van der Waals surface area contributed by atoms with E-state index in [1.54, 1.807) is 23.7 Å². The van der Waals surface area contributed by atoms with Crippen molar-refractivity contribution in [3.63, 3.8) is 0 Å². The summed E-state index contributed by atoms with van der Waals surface area (Å²) in [5, 5.41) is 0. The van der Waals surface area contributed by atoms with Crippen molar-refractivity contribution in [2.75, 3.05) is 0 Å². The molecule has 0 bridgehead atoms. The van der Waals surface area contributed by atoms with Gasteiger partial charge in [-0.05, 0) is 15.9 Å². The minimum absolute atomic E-state index is 0.958. The van der Waals surface area contributed by atoms with Crippen LogP contribution in [-0.4, -0.2) is 9.97 Å². The van der Waals surface area contributed by atoms with E-state index in [1.165, 1.54) is 0 Å². The van der Waals surface area contributed by atoms with Gasteiger partial charge in [-0.3, -0.25) is 4.98 Å². The highest BCUT2D eigenvalue weighted by molar-refractivity contribution is 9.10. The summed E-state index contributed by atoms with van der Waals surface area (Å²) in [5.41, 5.74) is 2.77. The third-order valence-corrected chi connectivity index (χ3v) is 2.94. The van der Waals surface area contributed by atoms with Gasteiger partial charge in [0.25, 0.3) is 0 Å². The fraction of sp³-hybridized carbons (Fsp3) is 0. The fourth-order valence-corrected chi connectivity index (χ4v) is 2.02. The minimum atomic E-state index is 0.958. The van der Waals surface area contributed by atoms with E-state index in [9.17, 15) is 0 Å². The zero-order valence-corrected chi connectivity index (χ0v) is 7.32. The number of thiazole rings is 1. The minimum Gasteiger partial charge on any atom is -0.261 e. The van der Waals surface area contributed by atoms with Crippen molar-refractivity contribution in [2.24, 2.45) is 0 Å². The molecule has 0 radical (unpaired) electrons. The maximum Gasteiger partial charge on any atom is 0.101 e. The molecule has 0 aromatic carbocycles. The Kier molecular flexibility index (Phi) is 1.43. The van der Waals surface area contributed by atoms with Crippen molar-refractivity contribution < 1.29 is 0 Å². The number of halogens is 1. The maximum atomic E-state index is 4.11. The van der Waals surface area contributed by atoms with Crippen LogP contribution in [0.4, 0.5) is 0 Å². The van der Waals surface area contributed by atoms with Gasteiger partial charge < -0.3 is 0 Å². The number of nitrogens with zero attached hydrogens (tertiary/aromatic N) is 2. The highest BCUT2D eigenvalue weighted by Crippen LogP contribution is 2.24. The Morgan fingerprint density at radius 2 is 2.30 bits per heavy atom. The first-order valence-corrected chi connectivity index (χ1v) is 4.38. The standard InChI is InChI=1S/C6H3BrN2S/c7-4-1-8-2-5-6(4)10-3-9-5/h1-3H. The Morgan fingerprint density at radius 3 is 3.10 bits per heavy atom. The number of rotatable bonds is 0. The first kappa shape index (κ1) is 6.24. The van der Waals surface area contributed by atoms with Gasteiger partial charge in [-0.2, -0.15) is 0 Å². The number of hydrogen-bond donors (Lipinski definition) is 0. The van der Waals surface area contributed by atoms with E-state index in [4.69, 9.17) is 0 Å². The predicted molar refractivity (Wildman–Crippen MR) is 45.1 cm³/mol. The molecular weight excluding hydrogens is 212 g/mol. The summed E-state index contributed by atoms with van der Waals surface area (Å²) in [5.74, 6) is 0. The fourth-order valence-electron chi connectivity index (χ4n) is 0.757. The summed E-state index contributed by atoms with van der Waals surface area (Å²) in [6.07, 6.45) is 3.54. The first-order valence-electron chi connectivity index (χ1n) is 2.70. The van der Waals surface area contributed by atoms with Crippen LogP contribution < -0.4 is 0 Å². The Labute approximate surface area is 70.1 Å². The highest BCUT2D eigenvalue weighted by atomic mass is 79.9.